The molecule has 0 saturated heterocycles. The minimum atomic E-state index is -0.373. The third kappa shape index (κ3) is 4.49. The molecule has 1 heterocycles. The van der Waals surface area contributed by atoms with Crippen LogP contribution in [0.1, 0.15) is 16.8 Å². The number of nitro benzene ring substituents is 1. The summed E-state index contributed by atoms with van der Waals surface area (Å²) in [5, 5.41) is 10.7. The summed E-state index contributed by atoms with van der Waals surface area (Å²) in [6, 6.07) is 23.2. The summed E-state index contributed by atoms with van der Waals surface area (Å²) in [5.74, 6) is 0. The molecule has 0 fully saturated rings. The van der Waals surface area contributed by atoms with Crippen molar-refractivity contribution in [3.8, 4) is 0 Å². The maximum atomic E-state index is 10.7. The molecule has 0 amide bonds. The van der Waals surface area contributed by atoms with E-state index in [4.69, 9.17) is 0 Å². The predicted octanol–water partition coefficient (Wildman–Crippen LogP) is 0.525. The molecule has 0 aliphatic heterocycles. The predicted molar refractivity (Wildman–Crippen MR) is 88.1 cm³/mol. The first-order valence-corrected chi connectivity index (χ1v) is 7.47. The van der Waals surface area contributed by atoms with Gasteiger partial charge < -0.3 is 17.0 Å². The van der Waals surface area contributed by atoms with E-state index in [0.717, 1.165) is 18.5 Å². The Bertz CT molecular complexity index is 805. The highest BCUT2D eigenvalue weighted by Crippen LogP contribution is 2.14. The molecule has 5 heteroatoms. The Labute approximate surface area is 151 Å². The van der Waals surface area contributed by atoms with E-state index in [1.165, 1.54) is 11.3 Å². The summed E-state index contributed by atoms with van der Waals surface area (Å²) < 4.78 is 2.21. The molecule has 0 atom stereocenters. The largest absolute Gasteiger partial charge is 1.00 e. The van der Waals surface area contributed by atoms with Crippen molar-refractivity contribution in [3.63, 3.8) is 0 Å². The average Bonchev–Trinajstić information content (AvgIpc) is 2.58. The van der Waals surface area contributed by atoms with Gasteiger partial charge in [0.2, 0.25) is 0 Å². The monoisotopic (exact) mass is 384 g/mol. The van der Waals surface area contributed by atoms with Crippen LogP contribution in [0.3, 0.4) is 0 Å². The maximum absolute atomic E-state index is 10.7. The van der Waals surface area contributed by atoms with Crippen LogP contribution in [0.4, 0.5) is 5.69 Å². The number of pyridine rings is 1. The second-order valence-corrected chi connectivity index (χ2v) is 5.41. The number of hydrogen-bond acceptors (Lipinski definition) is 2. The summed E-state index contributed by atoms with van der Waals surface area (Å²) in [6.07, 6.45) is 2.80. The lowest BCUT2D eigenvalue weighted by atomic mass is 10.1. The van der Waals surface area contributed by atoms with Crippen molar-refractivity contribution in [1.82, 2.24) is 0 Å². The van der Waals surface area contributed by atoms with Gasteiger partial charge in [0, 0.05) is 29.8 Å². The van der Waals surface area contributed by atoms with Crippen LogP contribution in [0.25, 0.3) is 0 Å². The van der Waals surface area contributed by atoms with Gasteiger partial charge >= 0.3 is 0 Å². The van der Waals surface area contributed by atoms with Crippen LogP contribution in [0.2, 0.25) is 0 Å². The zero-order valence-electron chi connectivity index (χ0n) is 13.0. The molecule has 3 rings (SSSR count). The van der Waals surface area contributed by atoms with Crippen molar-refractivity contribution in [3.05, 3.63) is 106 Å². The molecule has 1 aromatic heterocycles. The van der Waals surface area contributed by atoms with Gasteiger partial charge in [-0.2, -0.15) is 4.57 Å². The van der Waals surface area contributed by atoms with E-state index >= 15 is 0 Å². The number of non-ortho nitro benzene ring substituents is 1. The Balaban J connectivity index is 0.00000208. The van der Waals surface area contributed by atoms with E-state index in [-0.39, 0.29) is 27.6 Å². The average molecular weight is 385 g/mol. The molecular formula is C19H17BrN2O2. The number of benzene rings is 2. The lowest BCUT2D eigenvalue weighted by Crippen LogP contribution is -3.00. The summed E-state index contributed by atoms with van der Waals surface area (Å²) in [4.78, 5) is 10.4. The van der Waals surface area contributed by atoms with Gasteiger partial charge in [-0.25, -0.2) is 0 Å². The Morgan fingerprint density at radius 3 is 2.17 bits per heavy atom. The van der Waals surface area contributed by atoms with E-state index in [1.54, 1.807) is 12.1 Å². The number of nitro groups is 1. The molecule has 0 bridgehead atoms. The van der Waals surface area contributed by atoms with E-state index in [2.05, 4.69) is 29.0 Å². The van der Waals surface area contributed by atoms with Gasteiger partial charge in [-0.15, -0.1) is 0 Å². The molecule has 0 saturated carbocycles. The lowest BCUT2D eigenvalue weighted by Gasteiger charge is -2.04. The van der Waals surface area contributed by atoms with Crippen LogP contribution in [0.5, 0.6) is 0 Å². The fourth-order valence-corrected chi connectivity index (χ4v) is 2.55. The third-order valence-electron chi connectivity index (χ3n) is 3.76. The number of hydrogen-bond donors (Lipinski definition) is 0. The first kappa shape index (κ1) is 17.8. The van der Waals surface area contributed by atoms with Gasteiger partial charge in [-0.05, 0) is 5.56 Å². The van der Waals surface area contributed by atoms with E-state index < -0.39 is 0 Å². The highest BCUT2D eigenvalue weighted by atomic mass is 79.9. The Morgan fingerprint density at radius 1 is 0.833 bits per heavy atom. The third-order valence-corrected chi connectivity index (χ3v) is 3.76. The summed E-state index contributed by atoms with van der Waals surface area (Å²) in [7, 11) is 0. The van der Waals surface area contributed by atoms with Crippen molar-refractivity contribution < 1.29 is 26.5 Å². The van der Waals surface area contributed by atoms with Gasteiger partial charge in [0.25, 0.3) is 5.69 Å². The maximum Gasteiger partial charge on any atom is 0.269 e. The molecule has 0 unspecified atom stereocenters. The van der Waals surface area contributed by atoms with Gasteiger partial charge in [-0.1, -0.05) is 48.5 Å². The molecule has 0 aliphatic rings. The van der Waals surface area contributed by atoms with Crippen molar-refractivity contribution in [2.24, 2.45) is 0 Å². The van der Waals surface area contributed by atoms with Crippen LogP contribution in [0.15, 0.2) is 79.0 Å². The molecule has 0 aliphatic carbocycles. The van der Waals surface area contributed by atoms with Crippen LogP contribution >= 0.6 is 0 Å². The molecule has 3 aromatic rings. The van der Waals surface area contributed by atoms with E-state index in [1.807, 2.05) is 42.5 Å². The van der Waals surface area contributed by atoms with Crippen LogP contribution in [-0.2, 0) is 13.0 Å². The standard InChI is InChI=1S/C19H17N2O2.BrH/c22-21(23)18-11-9-16(10-12-18)14-19-8-4-5-13-20(19)15-17-6-2-1-3-7-17;/h1-13H,14-15H2;1H/q+1;/p-1. The Hall–Kier alpha value is -2.53. The van der Waals surface area contributed by atoms with Crippen molar-refractivity contribution in [1.29, 1.82) is 0 Å². The molecule has 0 spiro atoms. The molecule has 0 N–H and O–H groups in total. The minimum Gasteiger partial charge on any atom is -1.00 e. The SMILES string of the molecule is O=[N+]([O-])c1ccc(Cc2cccc[n+]2Cc2ccccc2)cc1.[Br-]. The summed E-state index contributed by atoms with van der Waals surface area (Å²) in [6.45, 7) is 0.810. The second-order valence-electron chi connectivity index (χ2n) is 5.41. The number of halogens is 1. The molecule has 4 nitrogen and oxygen atoms in total. The first-order valence-electron chi connectivity index (χ1n) is 7.47. The zero-order chi connectivity index (χ0) is 16.1. The van der Waals surface area contributed by atoms with Crippen molar-refractivity contribution >= 4 is 5.69 Å². The smallest absolute Gasteiger partial charge is 0.269 e. The summed E-state index contributed by atoms with van der Waals surface area (Å²) in [5.41, 5.74) is 3.60. The highest BCUT2D eigenvalue weighted by Gasteiger charge is 2.12. The fraction of sp³-hybridized carbons (Fsp3) is 0.105. The topological polar surface area (TPSA) is 47.0 Å². The molecule has 122 valence electrons. The van der Waals surface area contributed by atoms with Crippen LogP contribution in [-0.4, -0.2) is 4.92 Å². The quantitative estimate of drug-likeness (QED) is 0.366. The summed E-state index contributed by atoms with van der Waals surface area (Å²) >= 11 is 0. The van der Waals surface area contributed by atoms with Crippen LogP contribution < -0.4 is 21.5 Å². The molecule has 24 heavy (non-hydrogen) atoms. The van der Waals surface area contributed by atoms with Gasteiger partial charge in [0.05, 0.1) is 11.3 Å². The lowest BCUT2D eigenvalue weighted by molar-refractivity contribution is -0.695. The fourth-order valence-electron chi connectivity index (χ4n) is 2.55. The number of aromatic nitrogens is 1. The second kappa shape index (κ2) is 8.36. The van der Waals surface area contributed by atoms with E-state index in [0.29, 0.717) is 0 Å². The molecule has 0 radical (unpaired) electrons. The molecule has 2 aromatic carbocycles. The highest BCUT2D eigenvalue weighted by molar-refractivity contribution is 5.34. The number of rotatable bonds is 5. The molecular weight excluding hydrogens is 368 g/mol. The van der Waals surface area contributed by atoms with Gasteiger partial charge in [0.1, 0.15) is 0 Å². The first-order chi connectivity index (χ1) is 11.2. The normalized spacial score (nSPS) is 10.0. The minimum absolute atomic E-state index is 0. The Morgan fingerprint density at radius 2 is 1.50 bits per heavy atom. The van der Waals surface area contributed by atoms with Gasteiger partial charge in [-0.3, -0.25) is 10.1 Å². The van der Waals surface area contributed by atoms with Crippen molar-refractivity contribution in [2.45, 2.75) is 13.0 Å². The van der Waals surface area contributed by atoms with Gasteiger partial charge in [0.15, 0.2) is 18.4 Å². The van der Waals surface area contributed by atoms with E-state index in [9.17, 15) is 10.1 Å². The number of nitrogens with zero attached hydrogens (tertiary/aromatic N) is 2. The Kier molecular flexibility index (Phi) is 6.21. The zero-order valence-corrected chi connectivity index (χ0v) is 14.6. The van der Waals surface area contributed by atoms with Crippen LogP contribution in [0, 0.1) is 10.1 Å². The van der Waals surface area contributed by atoms with Crippen molar-refractivity contribution in [2.75, 3.05) is 0 Å².